The number of hydrogen-bond acceptors (Lipinski definition) is 2. The summed E-state index contributed by atoms with van der Waals surface area (Å²) < 4.78 is 1.17. The zero-order valence-electron chi connectivity index (χ0n) is 6.06. The summed E-state index contributed by atoms with van der Waals surface area (Å²) in [7, 11) is 0. The molecular weight excluding hydrogens is 251 g/mol. The van der Waals surface area contributed by atoms with E-state index in [1.807, 2.05) is 31.3 Å². The van der Waals surface area contributed by atoms with Crippen LogP contribution >= 0.6 is 22.6 Å². The highest BCUT2D eigenvalue weighted by Crippen LogP contribution is 2.19. The molecule has 1 aromatic carbocycles. The van der Waals surface area contributed by atoms with Crippen LogP contribution in [0.5, 0.6) is 0 Å². The Balaban J connectivity index is 3.08. The Morgan fingerprint density at radius 1 is 1.55 bits per heavy atom. The maximum atomic E-state index is 8.37. The first-order valence-electron chi connectivity index (χ1n) is 3.16. The van der Waals surface area contributed by atoms with Crippen LogP contribution in [0.1, 0.15) is 5.56 Å². The SMILES string of the molecule is Cc1c(I)cccc1NC#N. The first-order valence-corrected chi connectivity index (χ1v) is 4.24. The number of halogens is 1. The number of rotatable bonds is 1. The highest BCUT2D eigenvalue weighted by atomic mass is 127. The molecule has 0 aliphatic carbocycles. The van der Waals surface area contributed by atoms with Gasteiger partial charge < -0.3 is 0 Å². The number of nitriles is 1. The van der Waals surface area contributed by atoms with Crippen molar-refractivity contribution in [3.8, 4) is 6.19 Å². The molecule has 0 aliphatic heterocycles. The molecule has 1 rings (SSSR count). The van der Waals surface area contributed by atoms with Crippen LogP contribution < -0.4 is 5.32 Å². The topological polar surface area (TPSA) is 35.8 Å². The molecule has 0 atom stereocenters. The van der Waals surface area contributed by atoms with E-state index in [4.69, 9.17) is 5.26 Å². The van der Waals surface area contributed by atoms with Crippen molar-refractivity contribution in [2.24, 2.45) is 0 Å². The summed E-state index contributed by atoms with van der Waals surface area (Å²) in [6.07, 6.45) is 1.90. The predicted molar refractivity (Wildman–Crippen MR) is 53.1 cm³/mol. The van der Waals surface area contributed by atoms with Crippen molar-refractivity contribution in [1.82, 2.24) is 0 Å². The molecule has 0 unspecified atom stereocenters. The van der Waals surface area contributed by atoms with Crippen molar-refractivity contribution in [3.63, 3.8) is 0 Å². The van der Waals surface area contributed by atoms with E-state index < -0.39 is 0 Å². The quantitative estimate of drug-likeness (QED) is 0.477. The molecule has 56 valence electrons. The van der Waals surface area contributed by atoms with Crippen molar-refractivity contribution in [2.45, 2.75) is 6.92 Å². The molecule has 3 heteroatoms. The summed E-state index contributed by atoms with van der Waals surface area (Å²) in [5.74, 6) is 0. The van der Waals surface area contributed by atoms with E-state index in [1.165, 1.54) is 3.57 Å². The van der Waals surface area contributed by atoms with Crippen molar-refractivity contribution in [1.29, 1.82) is 5.26 Å². The van der Waals surface area contributed by atoms with Crippen LogP contribution in [-0.2, 0) is 0 Å². The number of benzene rings is 1. The Kier molecular flexibility index (Phi) is 2.71. The molecule has 2 nitrogen and oxygen atoms in total. The molecule has 0 radical (unpaired) electrons. The maximum Gasteiger partial charge on any atom is 0.181 e. The van der Waals surface area contributed by atoms with Crippen LogP contribution in [0, 0.1) is 21.9 Å². The first kappa shape index (κ1) is 8.34. The Labute approximate surface area is 79.4 Å². The number of hydrogen-bond donors (Lipinski definition) is 1. The molecule has 0 aromatic heterocycles. The lowest BCUT2D eigenvalue weighted by Gasteiger charge is -2.03. The van der Waals surface area contributed by atoms with Gasteiger partial charge >= 0.3 is 0 Å². The van der Waals surface area contributed by atoms with Crippen LogP contribution in [0.3, 0.4) is 0 Å². The van der Waals surface area contributed by atoms with Crippen LogP contribution in [0.2, 0.25) is 0 Å². The van der Waals surface area contributed by atoms with Gasteiger partial charge in [0.1, 0.15) is 0 Å². The number of anilines is 1. The van der Waals surface area contributed by atoms with E-state index in [0.717, 1.165) is 11.3 Å². The Morgan fingerprint density at radius 3 is 2.91 bits per heavy atom. The van der Waals surface area contributed by atoms with Crippen molar-refractivity contribution in [3.05, 3.63) is 27.3 Å². The molecule has 0 fully saturated rings. The van der Waals surface area contributed by atoms with Gasteiger partial charge in [0.05, 0.1) is 5.69 Å². The average Bonchev–Trinajstić information content (AvgIpc) is 1.99. The average molecular weight is 258 g/mol. The lowest BCUT2D eigenvalue weighted by molar-refractivity contribution is 1.39. The number of nitrogens with zero attached hydrogens (tertiary/aromatic N) is 1. The zero-order valence-corrected chi connectivity index (χ0v) is 8.21. The molecule has 0 saturated heterocycles. The molecule has 0 spiro atoms. The Morgan fingerprint density at radius 2 is 2.27 bits per heavy atom. The fourth-order valence-electron chi connectivity index (χ4n) is 0.803. The third-order valence-corrected chi connectivity index (χ3v) is 2.63. The fourth-order valence-corrected chi connectivity index (χ4v) is 1.30. The smallest absolute Gasteiger partial charge is 0.181 e. The second-order valence-corrected chi connectivity index (χ2v) is 3.31. The van der Waals surface area contributed by atoms with E-state index in [2.05, 4.69) is 27.9 Å². The summed E-state index contributed by atoms with van der Waals surface area (Å²) in [5, 5.41) is 11.0. The molecule has 11 heavy (non-hydrogen) atoms. The second kappa shape index (κ2) is 3.58. The van der Waals surface area contributed by atoms with E-state index in [0.29, 0.717) is 0 Å². The summed E-state index contributed by atoms with van der Waals surface area (Å²) in [4.78, 5) is 0. The maximum absolute atomic E-state index is 8.37. The van der Waals surface area contributed by atoms with Crippen LogP contribution in [0.25, 0.3) is 0 Å². The third-order valence-electron chi connectivity index (χ3n) is 1.46. The number of nitrogens with one attached hydrogen (secondary N) is 1. The van der Waals surface area contributed by atoms with Gasteiger partial charge in [-0.2, -0.15) is 5.26 Å². The van der Waals surface area contributed by atoms with E-state index in [-0.39, 0.29) is 0 Å². The minimum Gasteiger partial charge on any atom is -0.293 e. The summed E-state index contributed by atoms with van der Waals surface area (Å²) in [6.45, 7) is 1.99. The minimum absolute atomic E-state index is 0.888. The standard InChI is InChI=1S/C8H7IN2/c1-6-7(9)3-2-4-8(6)11-5-10/h2-4,11H,1H3. The fraction of sp³-hybridized carbons (Fsp3) is 0.125. The lowest BCUT2D eigenvalue weighted by Crippen LogP contribution is -1.91. The van der Waals surface area contributed by atoms with E-state index in [1.54, 1.807) is 0 Å². The summed E-state index contributed by atoms with van der Waals surface area (Å²) in [5.41, 5.74) is 2.01. The van der Waals surface area contributed by atoms with Gasteiger partial charge in [-0.15, -0.1) is 0 Å². The molecule has 0 aliphatic rings. The molecule has 0 amide bonds. The Hall–Kier alpha value is -0.760. The molecule has 0 heterocycles. The normalized spacial score (nSPS) is 8.82. The van der Waals surface area contributed by atoms with Crippen molar-refractivity contribution < 1.29 is 0 Å². The van der Waals surface area contributed by atoms with Gasteiger partial charge in [-0.1, -0.05) is 6.07 Å². The second-order valence-electron chi connectivity index (χ2n) is 2.15. The lowest BCUT2D eigenvalue weighted by atomic mass is 10.2. The van der Waals surface area contributed by atoms with Crippen molar-refractivity contribution in [2.75, 3.05) is 5.32 Å². The largest absolute Gasteiger partial charge is 0.293 e. The molecule has 0 saturated carbocycles. The predicted octanol–water partition coefficient (Wildman–Crippen LogP) is 2.49. The van der Waals surface area contributed by atoms with E-state index in [9.17, 15) is 0 Å². The summed E-state index contributed by atoms with van der Waals surface area (Å²) in [6, 6.07) is 5.83. The van der Waals surface area contributed by atoms with Gasteiger partial charge in [-0.05, 0) is 47.2 Å². The van der Waals surface area contributed by atoms with Crippen LogP contribution in [0.4, 0.5) is 5.69 Å². The zero-order chi connectivity index (χ0) is 8.27. The summed E-state index contributed by atoms with van der Waals surface area (Å²) >= 11 is 2.24. The first-order chi connectivity index (χ1) is 5.25. The highest BCUT2D eigenvalue weighted by molar-refractivity contribution is 14.1. The molecule has 1 N–H and O–H groups in total. The van der Waals surface area contributed by atoms with Gasteiger partial charge in [-0.25, -0.2) is 0 Å². The van der Waals surface area contributed by atoms with Crippen molar-refractivity contribution >= 4 is 28.3 Å². The molecule has 1 aromatic rings. The Bertz CT molecular complexity index is 301. The third kappa shape index (κ3) is 1.84. The molecule has 0 bridgehead atoms. The van der Waals surface area contributed by atoms with Gasteiger partial charge in [0.2, 0.25) is 0 Å². The monoisotopic (exact) mass is 258 g/mol. The van der Waals surface area contributed by atoms with Gasteiger partial charge in [0.15, 0.2) is 6.19 Å². The van der Waals surface area contributed by atoms with Crippen LogP contribution in [0.15, 0.2) is 18.2 Å². The van der Waals surface area contributed by atoms with E-state index >= 15 is 0 Å². The van der Waals surface area contributed by atoms with Gasteiger partial charge in [-0.3, -0.25) is 5.32 Å². The van der Waals surface area contributed by atoms with Gasteiger partial charge in [0.25, 0.3) is 0 Å². The van der Waals surface area contributed by atoms with Gasteiger partial charge in [0, 0.05) is 3.57 Å². The highest BCUT2D eigenvalue weighted by Gasteiger charge is 1.98. The molecular formula is C8H7IN2. The van der Waals surface area contributed by atoms with Crippen LogP contribution in [-0.4, -0.2) is 0 Å². The minimum atomic E-state index is 0.888.